The molecular formula is C28H37N5O3S2. The second kappa shape index (κ2) is 11.7. The number of fused-ring (bicyclic) bond motifs is 1. The lowest BCUT2D eigenvalue weighted by Crippen LogP contribution is -2.48. The molecule has 3 aromatic rings. The molecule has 5 rings (SSSR count). The summed E-state index contributed by atoms with van der Waals surface area (Å²) in [5, 5.41) is 4.07. The molecule has 2 saturated heterocycles. The highest BCUT2D eigenvalue weighted by atomic mass is 32.2. The smallest absolute Gasteiger partial charge is 0.251 e. The number of hydrogen-bond donors (Lipinski definition) is 1. The first-order chi connectivity index (χ1) is 18.3. The normalized spacial score (nSPS) is 19.6. The third-order valence-electron chi connectivity index (χ3n) is 7.67. The van der Waals surface area contributed by atoms with Gasteiger partial charge >= 0.3 is 0 Å². The van der Waals surface area contributed by atoms with E-state index in [1.165, 1.54) is 10.3 Å². The van der Waals surface area contributed by atoms with Crippen molar-refractivity contribution in [2.45, 2.75) is 50.5 Å². The van der Waals surface area contributed by atoms with Crippen molar-refractivity contribution in [3.8, 4) is 0 Å². The molecule has 1 atom stereocenters. The molecule has 3 heterocycles. The molecule has 204 valence electrons. The van der Waals surface area contributed by atoms with Crippen LogP contribution in [0.3, 0.4) is 0 Å². The largest absolute Gasteiger partial charge is 0.351 e. The number of nitrogens with zero attached hydrogens (tertiary/aromatic N) is 4. The standard InChI is InChI=1S/C28H37N5O3S2/c1-3-22-7-12-25-26(20-22)37-28(30-25)32-18-16-31(17-19-32)15-13-29-27(34)23-8-10-24(11-9-23)38(35,36)33-14-5-4-6-21(33)2/h7-12,20-21H,3-6,13-19H2,1-2H3,(H,29,34). The molecule has 0 bridgehead atoms. The first-order valence-electron chi connectivity index (χ1n) is 13.6. The topological polar surface area (TPSA) is 85.9 Å². The van der Waals surface area contributed by atoms with Crippen molar-refractivity contribution in [1.82, 2.24) is 19.5 Å². The van der Waals surface area contributed by atoms with Gasteiger partial charge in [-0.05, 0) is 68.1 Å². The quantitative estimate of drug-likeness (QED) is 0.453. The predicted molar refractivity (Wildman–Crippen MR) is 154 cm³/mol. The van der Waals surface area contributed by atoms with Crippen molar-refractivity contribution in [3.05, 3.63) is 53.6 Å². The van der Waals surface area contributed by atoms with Crippen LogP contribution in [0.1, 0.15) is 49.0 Å². The van der Waals surface area contributed by atoms with Gasteiger partial charge in [-0.15, -0.1) is 0 Å². The van der Waals surface area contributed by atoms with E-state index in [0.717, 1.165) is 69.1 Å². The molecule has 1 amide bonds. The summed E-state index contributed by atoms with van der Waals surface area (Å²) in [7, 11) is -3.53. The van der Waals surface area contributed by atoms with Crippen LogP contribution in [0, 0.1) is 0 Å². The summed E-state index contributed by atoms with van der Waals surface area (Å²) >= 11 is 1.76. The van der Waals surface area contributed by atoms with Gasteiger partial charge in [0.2, 0.25) is 10.0 Å². The molecule has 1 aromatic heterocycles. The highest BCUT2D eigenvalue weighted by Crippen LogP contribution is 2.30. The Morgan fingerprint density at radius 3 is 2.53 bits per heavy atom. The van der Waals surface area contributed by atoms with Gasteiger partial charge in [0.25, 0.3) is 5.91 Å². The second-order valence-electron chi connectivity index (χ2n) is 10.2. The fourth-order valence-corrected chi connectivity index (χ4v) is 8.03. The average Bonchev–Trinajstić information content (AvgIpc) is 3.37. The van der Waals surface area contributed by atoms with Gasteiger partial charge in [0.05, 0.1) is 15.1 Å². The summed E-state index contributed by atoms with van der Waals surface area (Å²) in [6.45, 7) is 9.69. The minimum atomic E-state index is -3.53. The third-order valence-corrected chi connectivity index (χ3v) is 10.8. The van der Waals surface area contributed by atoms with Crippen molar-refractivity contribution in [2.24, 2.45) is 0 Å². The number of aryl methyl sites for hydroxylation is 1. The highest BCUT2D eigenvalue weighted by molar-refractivity contribution is 7.89. The van der Waals surface area contributed by atoms with E-state index in [1.54, 1.807) is 39.9 Å². The maximum Gasteiger partial charge on any atom is 0.251 e. The lowest BCUT2D eigenvalue weighted by Gasteiger charge is -2.34. The summed E-state index contributed by atoms with van der Waals surface area (Å²) in [6.07, 6.45) is 3.87. The summed E-state index contributed by atoms with van der Waals surface area (Å²) in [6, 6.07) is 12.9. The number of rotatable bonds is 8. The van der Waals surface area contributed by atoms with Crippen LogP contribution in [0.25, 0.3) is 10.2 Å². The number of thiazole rings is 1. The fourth-order valence-electron chi connectivity index (χ4n) is 5.25. The molecule has 1 unspecified atom stereocenters. The van der Waals surface area contributed by atoms with Crippen LogP contribution in [0.15, 0.2) is 47.4 Å². The molecule has 2 aliphatic rings. The van der Waals surface area contributed by atoms with Crippen LogP contribution in [0.5, 0.6) is 0 Å². The molecule has 2 aliphatic heterocycles. The van der Waals surface area contributed by atoms with E-state index >= 15 is 0 Å². The van der Waals surface area contributed by atoms with Crippen LogP contribution in [0.4, 0.5) is 5.13 Å². The number of piperazine rings is 1. The van der Waals surface area contributed by atoms with Crippen molar-refractivity contribution in [2.75, 3.05) is 50.7 Å². The summed E-state index contributed by atoms with van der Waals surface area (Å²) < 4.78 is 28.9. The van der Waals surface area contributed by atoms with Crippen molar-refractivity contribution < 1.29 is 13.2 Å². The minimum Gasteiger partial charge on any atom is -0.351 e. The predicted octanol–water partition coefficient (Wildman–Crippen LogP) is 3.97. The molecule has 8 nitrogen and oxygen atoms in total. The Bertz CT molecular complexity index is 1360. The Balaban J connectivity index is 1.08. The van der Waals surface area contributed by atoms with E-state index in [1.807, 2.05) is 6.92 Å². The number of nitrogens with one attached hydrogen (secondary N) is 1. The molecule has 0 radical (unpaired) electrons. The number of hydrogen-bond acceptors (Lipinski definition) is 7. The first-order valence-corrected chi connectivity index (χ1v) is 15.9. The number of anilines is 1. The summed E-state index contributed by atoms with van der Waals surface area (Å²) in [5.41, 5.74) is 2.88. The highest BCUT2D eigenvalue weighted by Gasteiger charge is 2.31. The molecule has 10 heteroatoms. The third kappa shape index (κ3) is 5.88. The molecule has 2 aromatic carbocycles. The number of amides is 1. The molecule has 0 aliphatic carbocycles. The number of benzene rings is 2. The number of aromatic nitrogens is 1. The van der Waals surface area contributed by atoms with Gasteiger partial charge < -0.3 is 10.2 Å². The maximum absolute atomic E-state index is 13.0. The van der Waals surface area contributed by atoms with E-state index in [-0.39, 0.29) is 16.8 Å². The van der Waals surface area contributed by atoms with Crippen molar-refractivity contribution in [3.63, 3.8) is 0 Å². The zero-order valence-electron chi connectivity index (χ0n) is 22.2. The molecule has 1 N–H and O–H groups in total. The van der Waals surface area contributed by atoms with Crippen LogP contribution in [-0.2, 0) is 16.4 Å². The van der Waals surface area contributed by atoms with E-state index in [4.69, 9.17) is 4.98 Å². The lowest BCUT2D eigenvalue weighted by atomic mass is 10.1. The van der Waals surface area contributed by atoms with Gasteiger partial charge in [0, 0.05) is 57.4 Å². The summed E-state index contributed by atoms with van der Waals surface area (Å²) in [4.78, 5) is 22.5. The van der Waals surface area contributed by atoms with Gasteiger partial charge in [-0.3, -0.25) is 9.69 Å². The number of carbonyl (C=O) groups is 1. The number of piperidine rings is 1. The minimum absolute atomic E-state index is 0.00815. The zero-order chi connectivity index (χ0) is 26.7. The van der Waals surface area contributed by atoms with Crippen LogP contribution in [-0.4, -0.2) is 80.4 Å². The molecule has 0 saturated carbocycles. The molecule has 38 heavy (non-hydrogen) atoms. The molecular weight excluding hydrogens is 518 g/mol. The monoisotopic (exact) mass is 555 g/mol. The average molecular weight is 556 g/mol. The Labute approximate surface area is 229 Å². The summed E-state index contributed by atoms with van der Waals surface area (Å²) in [5.74, 6) is -0.181. The first kappa shape index (κ1) is 27.1. The van der Waals surface area contributed by atoms with Gasteiger partial charge in [0.1, 0.15) is 0 Å². The Hall–Kier alpha value is -2.53. The van der Waals surface area contributed by atoms with E-state index in [2.05, 4.69) is 40.2 Å². The van der Waals surface area contributed by atoms with Gasteiger partial charge in [-0.25, -0.2) is 13.4 Å². The van der Waals surface area contributed by atoms with Gasteiger partial charge in [-0.1, -0.05) is 30.7 Å². The molecule has 0 spiro atoms. The molecule has 2 fully saturated rings. The number of sulfonamides is 1. The van der Waals surface area contributed by atoms with E-state index < -0.39 is 10.0 Å². The van der Waals surface area contributed by atoms with Crippen LogP contribution in [0.2, 0.25) is 0 Å². The SMILES string of the molecule is CCc1ccc2nc(N3CCN(CCNC(=O)c4ccc(S(=O)(=O)N5CCCCC5C)cc4)CC3)sc2c1. The Morgan fingerprint density at radius 1 is 1.05 bits per heavy atom. The number of carbonyl (C=O) groups excluding carboxylic acids is 1. The van der Waals surface area contributed by atoms with Crippen molar-refractivity contribution >= 4 is 42.6 Å². The zero-order valence-corrected chi connectivity index (χ0v) is 23.9. The second-order valence-corrected chi connectivity index (χ2v) is 13.1. The van der Waals surface area contributed by atoms with Crippen molar-refractivity contribution in [1.29, 1.82) is 0 Å². The van der Waals surface area contributed by atoms with Crippen LogP contribution < -0.4 is 10.2 Å². The Kier molecular flexibility index (Phi) is 8.32. The van der Waals surface area contributed by atoms with Crippen LogP contribution >= 0.6 is 11.3 Å². The van der Waals surface area contributed by atoms with Gasteiger partial charge in [0.15, 0.2) is 5.13 Å². The fraction of sp³-hybridized carbons (Fsp3) is 0.500. The lowest BCUT2D eigenvalue weighted by molar-refractivity contribution is 0.0947. The van der Waals surface area contributed by atoms with E-state index in [0.29, 0.717) is 18.7 Å². The Morgan fingerprint density at radius 2 is 1.82 bits per heavy atom. The van der Waals surface area contributed by atoms with Gasteiger partial charge in [-0.2, -0.15) is 4.31 Å². The van der Waals surface area contributed by atoms with E-state index in [9.17, 15) is 13.2 Å². The maximum atomic E-state index is 13.0.